The van der Waals surface area contributed by atoms with E-state index in [0.29, 0.717) is 17.4 Å². The topological polar surface area (TPSA) is 46.2 Å². The van der Waals surface area contributed by atoms with Gasteiger partial charge >= 0.3 is 0 Å². The van der Waals surface area contributed by atoms with Crippen molar-refractivity contribution in [3.05, 3.63) is 30.3 Å². The van der Waals surface area contributed by atoms with Crippen molar-refractivity contribution in [2.75, 3.05) is 6.54 Å². The number of nitrogens with one attached hydrogen (secondary N) is 1. The van der Waals surface area contributed by atoms with Crippen LogP contribution in [0.2, 0.25) is 0 Å². The summed E-state index contributed by atoms with van der Waals surface area (Å²) in [7, 11) is -3.31. The summed E-state index contributed by atoms with van der Waals surface area (Å²) in [4.78, 5) is 0.337. The monoisotopic (exact) mass is 255 g/mol. The average Bonchev–Trinajstić information content (AvgIpc) is 2.29. The van der Waals surface area contributed by atoms with Gasteiger partial charge in [-0.3, -0.25) is 0 Å². The molecule has 17 heavy (non-hydrogen) atoms. The maximum absolute atomic E-state index is 11.8. The van der Waals surface area contributed by atoms with Crippen LogP contribution in [-0.4, -0.2) is 15.0 Å². The highest BCUT2D eigenvalue weighted by atomic mass is 32.2. The first kappa shape index (κ1) is 14.2. The third-order valence-corrected chi connectivity index (χ3v) is 4.03. The van der Waals surface area contributed by atoms with Crippen LogP contribution in [0.3, 0.4) is 0 Å². The summed E-state index contributed by atoms with van der Waals surface area (Å²) >= 11 is 0. The van der Waals surface area contributed by atoms with Gasteiger partial charge in [0, 0.05) is 6.54 Å². The maximum Gasteiger partial charge on any atom is 0.240 e. The standard InChI is InChI=1S/C13H21NO2S/c1-12(2)8-6-7-11-14-17(15,16)13-9-4-3-5-10-13/h3-5,9-10,12,14H,6-8,11H2,1-2H3. The van der Waals surface area contributed by atoms with E-state index in [9.17, 15) is 8.42 Å². The quantitative estimate of drug-likeness (QED) is 0.761. The second-order valence-corrected chi connectivity index (χ2v) is 6.37. The van der Waals surface area contributed by atoms with Gasteiger partial charge in [0.2, 0.25) is 10.0 Å². The molecule has 0 aliphatic rings. The zero-order valence-electron chi connectivity index (χ0n) is 10.5. The Morgan fingerprint density at radius 2 is 1.76 bits per heavy atom. The maximum atomic E-state index is 11.8. The molecule has 1 aromatic rings. The highest BCUT2D eigenvalue weighted by molar-refractivity contribution is 7.89. The molecule has 0 radical (unpaired) electrons. The van der Waals surface area contributed by atoms with Crippen molar-refractivity contribution in [2.45, 2.75) is 38.0 Å². The Bertz CT molecular complexity index is 412. The zero-order valence-corrected chi connectivity index (χ0v) is 11.3. The first-order valence-electron chi connectivity index (χ1n) is 6.07. The number of rotatable bonds is 7. The van der Waals surface area contributed by atoms with E-state index in [4.69, 9.17) is 0 Å². The van der Waals surface area contributed by atoms with Gasteiger partial charge in [-0.15, -0.1) is 0 Å². The smallest absolute Gasteiger partial charge is 0.211 e. The Balaban J connectivity index is 2.36. The van der Waals surface area contributed by atoms with Gasteiger partial charge < -0.3 is 0 Å². The van der Waals surface area contributed by atoms with Gasteiger partial charge in [-0.1, -0.05) is 44.9 Å². The van der Waals surface area contributed by atoms with Crippen LogP contribution in [0.5, 0.6) is 0 Å². The van der Waals surface area contributed by atoms with E-state index in [1.54, 1.807) is 24.3 Å². The molecule has 1 N–H and O–H groups in total. The van der Waals surface area contributed by atoms with E-state index >= 15 is 0 Å². The van der Waals surface area contributed by atoms with Crippen molar-refractivity contribution in [1.29, 1.82) is 0 Å². The van der Waals surface area contributed by atoms with Gasteiger partial charge in [-0.2, -0.15) is 0 Å². The molecular formula is C13H21NO2S. The molecule has 0 saturated carbocycles. The molecule has 0 aliphatic heterocycles. The van der Waals surface area contributed by atoms with E-state index in [0.717, 1.165) is 19.3 Å². The van der Waals surface area contributed by atoms with Crippen LogP contribution in [0.1, 0.15) is 33.1 Å². The van der Waals surface area contributed by atoms with Gasteiger partial charge in [-0.25, -0.2) is 13.1 Å². The Kier molecular flexibility index (Phi) is 5.65. The summed E-state index contributed by atoms with van der Waals surface area (Å²) in [6, 6.07) is 8.48. The second kappa shape index (κ2) is 6.77. The van der Waals surface area contributed by atoms with E-state index < -0.39 is 10.0 Å². The lowest BCUT2D eigenvalue weighted by molar-refractivity contribution is 0.530. The Morgan fingerprint density at radius 3 is 2.35 bits per heavy atom. The molecule has 0 saturated heterocycles. The van der Waals surface area contributed by atoms with Crippen LogP contribution in [0.25, 0.3) is 0 Å². The number of unbranched alkanes of at least 4 members (excludes halogenated alkanes) is 1. The molecular weight excluding hydrogens is 234 g/mol. The molecule has 3 nitrogen and oxygen atoms in total. The van der Waals surface area contributed by atoms with Crippen LogP contribution < -0.4 is 4.72 Å². The molecule has 0 aromatic heterocycles. The van der Waals surface area contributed by atoms with Crippen molar-refractivity contribution in [1.82, 2.24) is 4.72 Å². The van der Waals surface area contributed by atoms with E-state index in [1.807, 2.05) is 6.07 Å². The number of benzene rings is 1. The van der Waals surface area contributed by atoms with Crippen LogP contribution in [0.15, 0.2) is 35.2 Å². The predicted molar refractivity (Wildman–Crippen MR) is 70.3 cm³/mol. The molecule has 96 valence electrons. The second-order valence-electron chi connectivity index (χ2n) is 4.60. The van der Waals surface area contributed by atoms with Crippen molar-refractivity contribution in [2.24, 2.45) is 5.92 Å². The zero-order chi connectivity index (χ0) is 12.7. The molecule has 4 heteroatoms. The molecule has 1 aromatic carbocycles. The van der Waals surface area contributed by atoms with Gasteiger partial charge in [0.15, 0.2) is 0 Å². The number of hydrogen-bond donors (Lipinski definition) is 1. The van der Waals surface area contributed by atoms with Crippen molar-refractivity contribution < 1.29 is 8.42 Å². The molecule has 0 spiro atoms. The fourth-order valence-corrected chi connectivity index (χ4v) is 2.66. The summed E-state index contributed by atoms with van der Waals surface area (Å²) in [6.45, 7) is 4.87. The molecule has 0 amide bonds. The van der Waals surface area contributed by atoms with Crippen molar-refractivity contribution in [3.8, 4) is 0 Å². The van der Waals surface area contributed by atoms with Gasteiger partial charge in [0.25, 0.3) is 0 Å². The van der Waals surface area contributed by atoms with Gasteiger partial charge in [0.05, 0.1) is 4.90 Å². The fourth-order valence-electron chi connectivity index (χ4n) is 1.57. The van der Waals surface area contributed by atoms with Gasteiger partial charge in [0.1, 0.15) is 0 Å². The van der Waals surface area contributed by atoms with Crippen LogP contribution in [0.4, 0.5) is 0 Å². The SMILES string of the molecule is CC(C)CCCCNS(=O)(=O)c1ccccc1. The number of sulfonamides is 1. The summed E-state index contributed by atoms with van der Waals surface area (Å²) in [5.74, 6) is 0.681. The summed E-state index contributed by atoms with van der Waals surface area (Å²) in [6.07, 6.45) is 3.10. The van der Waals surface area contributed by atoms with Crippen LogP contribution in [0, 0.1) is 5.92 Å². The molecule has 0 atom stereocenters. The minimum absolute atomic E-state index is 0.337. The lowest BCUT2D eigenvalue weighted by Crippen LogP contribution is -2.24. The Labute approximate surface area is 104 Å². The molecule has 0 fully saturated rings. The minimum Gasteiger partial charge on any atom is -0.211 e. The van der Waals surface area contributed by atoms with Crippen molar-refractivity contribution >= 4 is 10.0 Å². The highest BCUT2D eigenvalue weighted by Gasteiger charge is 2.11. The first-order chi connectivity index (χ1) is 8.02. The average molecular weight is 255 g/mol. The lowest BCUT2D eigenvalue weighted by Gasteiger charge is -2.07. The summed E-state index contributed by atoms with van der Waals surface area (Å²) < 4.78 is 26.3. The highest BCUT2D eigenvalue weighted by Crippen LogP contribution is 2.08. The Hall–Kier alpha value is -0.870. The summed E-state index contributed by atoms with van der Waals surface area (Å²) in [5.41, 5.74) is 0. The van der Waals surface area contributed by atoms with Crippen LogP contribution >= 0.6 is 0 Å². The van der Waals surface area contributed by atoms with E-state index in [2.05, 4.69) is 18.6 Å². The largest absolute Gasteiger partial charge is 0.240 e. The molecule has 0 unspecified atom stereocenters. The Morgan fingerprint density at radius 1 is 1.12 bits per heavy atom. The molecule has 0 heterocycles. The predicted octanol–water partition coefficient (Wildman–Crippen LogP) is 2.79. The van der Waals surface area contributed by atoms with E-state index in [-0.39, 0.29) is 0 Å². The van der Waals surface area contributed by atoms with E-state index in [1.165, 1.54) is 0 Å². The molecule has 0 bridgehead atoms. The fraction of sp³-hybridized carbons (Fsp3) is 0.538. The number of hydrogen-bond acceptors (Lipinski definition) is 2. The normalized spacial score (nSPS) is 11.9. The first-order valence-corrected chi connectivity index (χ1v) is 7.55. The van der Waals surface area contributed by atoms with Crippen molar-refractivity contribution in [3.63, 3.8) is 0 Å². The lowest BCUT2D eigenvalue weighted by atomic mass is 10.1. The third kappa shape index (κ3) is 5.33. The molecule has 0 aliphatic carbocycles. The third-order valence-electron chi connectivity index (χ3n) is 2.55. The minimum atomic E-state index is -3.31. The van der Waals surface area contributed by atoms with Crippen LogP contribution in [-0.2, 0) is 10.0 Å². The molecule has 1 rings (SSSR count). The van der Waals surface area contributed by atoms with Gasteiger partial charge in [-0.05, 0) is 24.5 Å². The summed E-state index contributed by atoms with van der Waals surface area (Å²) in [5, 5.41) is 0.